The predicted octanol–water partition coefficient (Wildman–Crippen LogP) is 4.06. The van der Waals surface area contributed by atoms with Gasteiger partial charge in [0.25, 0.3) is 5.91 Å². The van der Waals surface area contributed by atoms with Crippen LogP contribution in [0.3, 0.4) is 0 Å². The third-order valence-electron chi connectivity index (χ3n) is 4.12. The molecule has 144 valence electrons. The summed E-state index contributed by atoms with van der Waals surface area (Å²) < 4.78 is 18.4. The number of carbonyl (C=O) groups excluding carboxylic acids is 2. The van der Waals surface area contributed by atoms with Crippen molar-refractivity contribution in [2.24, 2.45) is 0 Å². The van der Waals surface area contributed by atoms with E-state index in [1.165, 1.54) is 29.2 Å². The van der Waals surface area contributed by atoms with Crippen LogP contribution in [0.5, 0.6) is 5.75 Å². The number of methoxy groups -OCH3 is 1. The van der Waals surface area contributed by atoms with Gasteiger partial charge in [0, 0.05) is 5.69 Å². The lowest BCUT2D eigenvalue weighted by Gasteiger charge is -2.22. The summed E-state index contributed by atoms with van der Waals surface area (Å²) in [7, 11) is 1.58. The molecule has 5 nitrogen and oxygen atoms in total. The minimum absolute atomic E-state index is 0.312. The number of benzene rings is 2. The standard InChI is InChI=1S/C20H17FN2O3S2/c1-12(18(24)22-15-7-5-14(21)6-8-15)23-19(25)17(28-20(23)27)11-13-3-9-16(26-2)10-4-13/h3-12H,1-2H3,(H,22,24)/b17-11-. The number of carbonyl (C=O) groups is 2. The zero-order chi connectivity index (χ0) is 20.3. The average molecular weight is 416 g/mol. The molecule has 0 saturated carbocycles. The molecule has 1 aliphatic rings. The highest BCUT2D eigenvalue weighted by atomic mass is 32.2. The van der Waals surface area contributed by atoms with Crippen LogP contribution in [0.2, 0.25) is 0 Å². The third kappa shape index (κ3) is 4.40. The molecular weight excluding hydrogens is 399 g/mol. The largest absolute Gasteiger partial charge is 0.497 e. The molecule has 1 atom stereocenters. The van der Waals surface area contributed by atoms with Crippen LogP contribution in [0, 0.1) is 5.82 Å². The first-order valence-corrected chi connectivity index (χ1v) is 9.59. The lowest BCUT2D eigenvalue weighted by molar-refractivity contribution is -0.129. The molecule has 8 heteroatoms. The van der Waals surface area contributed by atoms with Crippen molar-refractivity contribution in [3.05, 3.63) is 64.8 Å². The summed E-state index contributed by atoms with van der Waals surface area (Å²) in [5, 5.41) is 2.66. The first-order chi connectivity index (χ1) is 13.4. The third-order valence-corrected chi connectivity index (χ3v) is 5.45. The van der Waals surface area contributed by atoms with Gasteiger partial charge in [-0.05, 0) is 55.0 Å². The van der Waals surface area contributed by atoms with E-state index in [1.807, 2.05) is 12.1 Å². The molecule has 28 heavy (non-hydrogen) atoms. The zero-order valence-corrected chi connectivity index (χ0v) is 16.8. The summed E-state index contributed by atoms with van der Waals surface area (Å²) in [5.41, 5.74) is 1.27. The molecular formula is C20H17FN2O3S2. The summed E-state index contributed by atoms with van der Waals surface area (Å²) in [6.07, 6.45) is 1.73. The number of nitrogens with zero attached hydrogens (tertiary/aromatic N) is 1. The summed E-state index contributed by atoms with van der Waals surface area (Å²) in [4.78, 5) is 27.0. The maximum absolute atomic E-state index is 13.0. The van der Waals surface area contributed by atoms with Gasteiger partial charge in [0.05, 0.1) is 12.0 Å². The quantitative estimate of drug-likeness (QED) is 0.588. The molecule has 1 N–H and O–H groups in total. The molecule has 0 radical (unpaired) electrons. The van der Waals surface area contributed by atoms with E-state index >= 15 is 0 Å². The minimum Gasteiger partial charge on any atom is -0.497 e. The van der Waals surface area contributed by atoms with E-state index in [9.17, 15) is 14.0 Å². The number of halogens is 1. The van der Waals surface area contributed by atoms with Crippen molar-refractivity contribution in [3.63, 3.8) is 0 Å². The first-order valence-electron chi connectivity index (χ1n) is 8.36. The number of hydrogen-bond donors (Lipinski definition) is 1. The molecule has 2 amide bonds. The van der Waals surface area contributed by atoms with E-state index in [-0.39, 0.29) is 5.91 Å². The van der Waals surface area contributed by atoms with E-state index in [2.05, 4.69) is 5.32 Å². The van der Waals surface area contributed by atoms with Crippen molar-refractivity contribution >= 4 is 51.9 Å². The Balaban J connectivity index is 1.73. The maximum atomic E-state index is 13.0. The van der Waals surface area contributed by atoms with Crippen molar-refractivity contribution in [2.45, 2.75) is 13.0 Å². The Hall–Kier alpha value is -2.71. The van der Waals surface area contributed by atoms with E-state index < -0.39 is 17.8 Å². The zero-order valence-electron chi connectivity index (χ0n) is 15.1. The van der Waals surface area contributed by atoms with Crippen LogP contribution in [0.4, 0.5) is 10.1 Å². The Kier molecular flexibility index (Phi) is 6.11. The molecule has 0 spiro atoms. The number of amides is 2. The van der Waals surface area contributed by atoms with Crippen molar-refractivity contribution in [1.29, 1.82) is 0 Å². The van der Waals surface area contributed by atoms with Crippen LogP contribution in [0.15, 0.2) is 53.4 Å². The second-order valence-corrected chi connectivity index (χ2v) is 7.67. The average Bonchev–Trinajstić information content (AvgIpc) is 2.96. The second-order valence-electron chi connectivity index (χ2n) is 6.00. The molecule has 3 rings (SSSR count). The van der Waals surface area contributed by atoms with Crippen LogP contribution in [-0.4, -0.2) is 34.2 Å². The van der Waals surface area contributed by atoms with E-state index in [4.69, 9.17) is 17.0 Å². The van der Waals surface area contributed by atoms with Crippen molar-refractivity contribution in [1.82, 2.24) is 4.90 Å². The Morgan fingerprint density at radius 1 is 1.21 bits per heavy atom. The highest BCUT2D eigenvalue weighted by molar-refractivity contribution is 8.26. The molecule has 1 unspecified atom stereocenters. The van der Waals surface area contributed by atoms with Gasteiger partial charge in [0.2, 0.25) is 5.91 Å². The fraction of sp³-hybridized carbons (Fsp3) is 0.150. The van der Waals surface area contributed by atoms with Crippen LogP contribution in [-0.2, 0) is 9.59 Å². The smallest absolute Gasteiger partial charge is 0.266 e. The summed E-state index contributed by atoms with van der Waals surface area (Å²) in [6.45, 7) is 1.60. The second kappa shape index (κ2) is 8.53. The molecule has 1 aliphatic heterocycles. The summed E-state index contributed by atoms with van der Waals surface area (Å²) in [6, 6.07) is 11.8. The molecule has 0 aliphatic carbocycles. The van der Waals surface area contributed by atoms with E-state index in [1.54, 1.807) is 32.2 Å². The number of ether oxygens (including phenoxy) is 1. The number of thioether (sulfide) groups is 1. The van der Waals surface area contributed by atoms with Gasteiger partial charge in [-0.3, -0.25) is 14.5 Å². The molecule has 1 saturated heterocycles. The number of thiocarbonyl (C=S) groups is 1. The Bertz CT molecular complexity index is 943. The number of hydrogen-bond acceptors (Lipinski definition) is 5. The molecule has 0 bridgehead atoms. The topological polar surface area (TPSA) is 58.6 Å². The molecule has 1 fully saturated rings. The van der Waals surface area contributed by atoms with Gasteiger partial charge in [-0.2, -0.15) is 0 Å². The van der Waals surface area contributed by atoms with Crippen LogP contribution >= 0.6 is 24.0 Å². The molecule has 1 heterocycles. The molecule has 0 aromatic heterocycles. The van der Waals surface area contributed by atoms with Gasteiger partial charge in [-0.25, -0.2) is 4.39 Å². The lowest BCUT2D eigenvalue weighted by atomic mass is 10.2. The highest BCUT2D eigenvalue weighted by Crippen LogP contribution is 2.34. The van der Waals surface area contributed by atoms with Crippen molar-refractivity contribution < 1.29 is 18.7 Å². The minimum atomic E-state index is -0.806. The normalized spacial score (nSPS) is 16.4. The first kappa shape index (κ1) is 20.0. The van der Waals surface area contributed by atoms with E-state index in [0.29, 0.717) is 14.9 Å². The molecule has 2 aromatic rings. The predicted molar refractivity (Wildman–Crippen MR) is 112 cm³/mol. The fourth-order valence-corrected chi connectivity index (χ4v) is 3.98. The van der Waals surface area contributed by atoms with Crippen molar-refractivity contribution in [3.8, 4) is 5.75 Å². The van der Waals surface area contributed by atoms with Gasteiger partial charge in [0.1, 0.15) is 21.9 Å². The van der Waals surface area contributed by atoms with Gasteiger partial charge < -0.3 is 10.1 Å². The van der Waals surface area contributed by atoms with Crippen LogP contribution in [0.1, 0.15) is 12.5 Å². The fourth-order valence-electron chi connectivity index (χ4n) is 2.56. The number of rotatable bonds is 5. The Morgan fingerprint density at radius 2 is 1.86 bits per heavy atom. The van der Waals surface area contributed by atoms with Crippen LogP contribution < -0.4 is 10.1 Å². The van der Waals surface area contributed by atoms with Gasteiger partial charge in [0.15, 0.2) is 0 Å². The highest BCUT2D eigenvalue weighted by Gasteiger charge is 2.38. The van der Waals surface area contributed by atoms with Gasteiger partial charge >= 0.3 is 0 Å². The monoisotopic (exact) mass is 416 g/mol. The Morgan fingerprint density at radius 3 is 2.46 bits per heavy atom. The van der Waals surface area contributed by atoms with Gasteiger partial charge in [-0.1, -0.05) is 36.1 Å². The van der Waals surface area contributed by atoms with E-state index in [0.717, 1.165) is 23.1 Å². The SMILES string of the molecule is COc1ccc(/C=C2\SC(=S)N(C(C)C(=O)Nc3ccc(F)cc3)C2=O)cc1. The van der Waals surface area contributed by atoms with Gasteiger partial charge in [-0.15, -0.1) is 0 Å². The number of nitrogens with one attached hydrogen (secondary N) is 1. The van der Waals surface area contributed by atoms with Crippen molar-refractivity contribution in [2.75, 3.05) is 12.4 Å². The molecule has 2 aromatic carbocycles. The summed E-state index contributed by atoms with van der Waals surface area (Å²) >= 11 is 6.45. The Labute approximate surface area is 171 Å². The number of anilines is 1. The van der Waals surface area contributed by atoms with Crippen LogP contribution in [0.25, 0.3) is 6.08 Å². The lowest BCUT2D eigenvalue weighted by Crippen LogP contribution is -2.44. The maximum Gasteiger partial charge on any atom is 0.266 e. The summed E-state index contributed by atoms with van der Waals surface area (Å²) in [5.74, 6) is -0.413.